The van der Waals surface area contributed by atoms with E-state index in [1.54, 1.807) is 9.80 Å². The topological polar surface area (TPSA) is 71.1 Å². The predicted molar refractivity (Wildman–Crippen MR) is 109 cm³/mol. The summed E-state index contributed by atoms with van der Waals surface area (Å²) in [5.41, 5.74) is 1.73. The molecule has 1 aromatic carbocycles. The van der Waals surface area contributed by atoms with Gasteiger partial charge in [-0.2, -0.15) is 0 Å². The molecular formula is C21H33N3O4. The number of amides is 3. The molecule has 2 rings (SSSR count). The highest BCUT2D eigenvalue weighted by molar-refractivity contribution is 5.75. The number of piperazine rings is 1. The van der Waals surface area contributed by atoms with E-state index in [-0.39, 0.29) is 12.1 Å². The summed E-state index contributed by atoms with van der Waals surface area (Å²) in [4.78, 5) is 27.7. The second kappa shape index (κ2) is 9.66. The molecule has 1 aromatic rings. The van der Waals surface area contributed by atoms with Gasteiger partial charge in [0, 0.05) is 32.7 Å². The summed E-state index contributed by atoms with van der Waals surface area (Å²) in [6, 6.07) is 5.97. The van der Waals surface area contributed by atoms with Gasteiger partial charge in [0.1, 0.15) is 11.4 Å². The molecule has 0 atom stereocenters. The van der Waals surface area contributed by atoms with E-state index in [1.165, 1.54) is 0 Å². The van der Waals surface area contributed by atoms with Crippen LogP contribution in [0, 0.1) is 13.8 Å². The molecule has 156 valence electrons. The van der Waals surface area contributed by atoms with Crippen LogP contribution < -0.4 is 10.1 Å². The van der Waals surface area contributed by atoms with E-state index in [0.29, 0.717) is 39.3 Å². The molecule has 1 aliphatic heterocycles. The molecule has 0 spiro atoms. The molecule has 0 unspecified atom stereocenters. The Morgan fingerprint density at radius 2 is 1.61 bits per heavy atom. The van der Waals surface area contributed by atoms with E-state index in [4.69, 9.17) is 9.47 Å². The third kappa shape index (κ3) is 6.62. The summed E-state index contributed by atoms with van der Waals surface area (Å²) in [6.45, 7) is 12.7. The molecule has 0 radical (unpaired) electrons. The van der Waals surface area contributed by atoms with Crippen molar-refractivity contribution >= 4 is 12.1 Å². The minimum atomic E-state index is -0.509. The first kappa shape index (κ1) is 21.9. The van der Waals surface area contributed by atoms with E-state index in [9.17, 15) is 9.59 Å². The zero-order chi connectivity index (χ0) is 20.7. The first-order valence-electron chi connectivity index (χ1n) is 9.87. The van der Waals surface area contributed by atoms with Crippen LogP contribution >= 0.6 is 0 Å². The normalized spacial score (nSPS) is 14.6. The molecule has 0 aromatic heterocycles. The zero-order valence-electron chi connectivity index (χ0n) is 17.7. The van der Waals surface area contributed by atoms with Gasteiger partial charge in [-0.1, -0.05) is 18.2 Å². The maximum Gasteiger partial charge on any atom is 0.410 e. The van der Waals surface area contributed by atoms with Crippen molar-refractivity contribution in [3.8, 4) is 5.75 Å². The quantitative estimate of drug-likeness (QED) is 0.782. The fraction of sp³-hybridized carbons (Fsp3) is 0.619. The molecule has 3 amide bonds. The maximum absolute atomic E-state index is 12.3. The molecule has 1 N–H and O–H groups in total. The van der Waals surface area contributed by atoms with Crippen LogP contribution in [0.2, 0.25) is 0 Å². The number of carbonyl (C=O) groups excluding carboxylic acids is 2. The Hall–Kier alpha value is -2.44. The van der Waals surface area contributed by atoms with Gasteiger partial charge in [-0.3, -0.25) is 0 Å². The van der Waals surface area contributed by atoms with Crippen LogP contribution in [0.4, 0.5) is 9.59 Å². The highest BCUT2D eigenvalue weighted by atomic mass is 16.6. The van der Waals surface area contributed by atoms with Crippen LogP contribution in [0.25, 0.3) is 0 Å². The SMILES string of the molecule is Cc1cccc(C)c1OCCCNC(=O)N1CCN(C(=O)OC(C)(C)C)CC1. The molecular weight excluding hydrogens is 358 g/mol. The number of ether oxygens (including phenoxy) is 2. The summed E-state index contributed by atoms with van der Waals surface area (Å²) in [5.74, 6) is 0.923. The van der Waals surface area contributed by atoms with Gasteiger partial charge in [0.15, 0.2) is 0 Å². The van der Waals surface area contributed by atoms with E-state index in [0.717, 1.165) is 23.3 Å². The molecule has 1 heterocycles. The largest absolute Gasteiger partial charge is 0.493 e. The molecule has 1 aliphatic rings. The van der Waals surface area contributed by atoms with Crippen molar-refractivity contribution in [2.45, 2.75) is 46.6 Å². The second-order valence-electron chi connectivity index (χ2n) is 8.11. The zero-order valence-corrected chi connectivity index (χ0v) is 17.7. The highest BCUT2D eigenvalue weighted by Crippen LogP contribution is 2.22. The van der Waals surface area contributed by atoms with Crippen LogP contribution in [0.1, 0.15) is 38.3 Å². The number of hydrogen-bond donors (Lipinski definition) is 1. The van der Waals surface area contributed by atoms with Gasteiger partial charge in [-0.05, 0) is 52.2 Å². The van der Waals surface area contributed by atoms with Gasteiger partial charge in [0.05, 0.1) is 6.61 Å². The number of urea groups is 1. The third-order valence-corrected chi connectivity index (χ3v) is 4.47. The predicted octanol–water partition coefficient (Wildman–Crippen LogP) is 3.33. The number of benzene rings is 1. The Balaban J connectivity index is 1.64. The number of para-hydroxylation sites is 1. The molecule has 1 fully saturated rings. The summed E-state index contributed by atoms with van der Waals surface area (Å²) < 4.78 is 11.2. The van der Waals surface area contributed by atoms with Crippen LogP contribution in [-0.2, 0) is 4.74 Å². The monoisotopic (exact) mass is 391 g/mol. The van der Waals surface area contributed by atoms with E-state index < -0.39 is 5.60 Å². The van der Waals surface area contributed by atoms with E-state index in [1.807, 2.05) is 52.8 Å². The third-order valence-electron chi connectivity index (χ3n) is 4.47. The summed E-state index contributed by atoms with van der Waals surface area (Å²) >= 11 is 0. The number of carbonyl (C=O) groups is 2. The Morgan fingerprint density at radius 1 is 1.04 bits per heavy atom. The minimum absolute atomic E-state index is 0.101. The van der Waals surface area contributed by atoms with Crippen LogP contribution in [0.15, 0.2) is 18.2 Å². The van der Waals surface area contributed by atoms with E-state index >= 15 is 0 Å². The van der Waals surface area contributed by atoms with Gasteiger partial charge < -0.3 is 24.6 Å². The molecule has 7 nitrogen and oxygen atoms in total. The van der Waals surface area contributed by atoms with Gasteiger partial charge in [-0.15, -0.1) is 0 Å². The number of nitrogens with zero attached hydrogens (tertiary/aromatic N) is 2. The minimum Gasteiger partial charge on any atom is -0.493 e. The lowest BCUT2D eigenvalue weighted by atomic mass is 10.1. The average Bonchev–Trinajstić information content (AvgIpc) is 2.62. The van der Waals surface area contributed by atoms with Gasteiger partial charge >= 0.3 is 12.1 Å². The number of nitrogens with one attached hydrogen (secondary N) is 1. The van der Waals surface area contributed by atoms with Crippen molar-refractivity contribution in [3.05, 3.63) is 29.3 Å². The Labute approximate surface area is 168 Å². The molecule has 0 aliphatic carbocycles. The number of aryl methyl sites for hydroxylation is 2. The first-order chi connectivity index (χ1) is 13.2. The fourth-order valence-electron chi connectivity index (χ4n) is 3.00. The van der Waals surface area contributed by atoms with Crippen molar-refractivity contribution < 1.29 is 19.1 Å². The van der Waals surface area contributed by atoms with Crippen molar-refractivity contribution in [2.24, 2.45) is 0 Å². The second-order valence-corrected chi connectivity index (χ2v) is 8.11. The lowest BCUT2D eigenvalue weighted by Crippen LogP contribution is -2.54. The molecule has 0 saturated carbocycles. The average molecular weight is 392 g/mol. The van der Waals surface area contributed by atoms with Gasteiger partial charge in [-0.25, -0.2) is 9.59 Å². The van der Waals surface area contributed by atoms with Crippen molar-refractivity contribution in [3.63, 3.8) is 0 Å². The standard InChI is InChI=1S/C21H33N3O4/c1-16-8-6-9-17(2)18(16)27-15-7-10-22-19(25)23-11-13-24(14-12-23)20(26)28-21(3,4)5/h6,8-9H,7,10-15H2,1-5H3,(H,22,25). The van der Waals surface area contributed by atoms with E-state index in [2.05, 4.69) is 5.32 Å². The summed E-state index contributed by atoms with van der Waals surface area (Å²) in [7, 11) is 0. The maximum atomic E-state index is 12.3. The smallest absolute Gasteiger partial charge is 0.410 e. The van der Waals surface area contributed by atoms with Crippen LogP contribution in [0.5, 0.6) is 5.75 Å². The van der Waals surface area contributed by atoms with Crippen molar-refractivity contribution in [2.75, 3.05) is 39.3 Å². The number of rotatable bonds is 5. The fourth-order valence-corrected chi connectivity index (χ4v) is 3.00. The number of hydrogen-bond acceptors (Lipinski definition) is 4. The summed E-state index contributed by atoms with van der Waals surface area (Å²) in [5, 5.41) is 2.92. The Kier molecular flexibility index (Phi) is 7.54. The highest BCUT2D eigenvalue weighted by Gasteiger charge is 2.27. The molecule has 1 saturated heterocycles. The van der Waals surface area contributed by atoms with Gasteiger partial charge in [0.2, 0.25) is 0 Å². The molecule has 7 heteroatoms. The molecule has 0 bridgehead atoms. The van der Waals surface area contributed by atoms with Crippen molar-refractivity contribution in [1.29, 1.82) is 0 Å². The van der Waals surface area contributed by atoms with Crippen LogP contribution in [0.3, 0.4) is 0 Å². The Bertz CT molecular complexity index is 656. The lowest BCUT2D eigenvalue weighted by molar-refractivity contribution is 0.0170. The van der Waals surface area contributed by atoms with Gasteiger partial charge in [0.25, 0.3) is 0 Å². The Morgan fingerprint density at radius 3 is 2.18 bits per heavy atom. The summed E-state index contributed by atoms with van der Waals surface area (Å²) in [6.07, 6.45) is 0.411. The molecule has 28 heavy (non-hydrogen) atoms. The first-order valence-corrected chi connectivity index (χ1v) is 9.87. The lowest BCUT2D eigenvalue weighted by Gasteiger charge is -2.35. The van der Waals surface area contributed by atoms with Crippen molar-refractivity contribution in [1.82, 2.24) is 15.1 Å². The van der Waals surface area contributed by atoms with Crippen LogP contribution in [-0.4, -0.2) is 66.9 Å².